The molecule has 0 saturated heterocycles. The van der Waals surface area contributed by atoms with Crippen LogP contribution in [0.1, 0.15) is 62.7 Å². The summed E-state index contributed by atoms with van der Waals surface area (Å²) in [5.74, 6) is -0.540. The first kappa shape index (κ1) is 19.8. The Morgan fingerprint density at radius 3 is 2.29 bits per heavy atom. The lowest BCUT2D eigenvalue weighted by Crippen LogP contribution is -2.40. The van der Waals surface area contributed by atoms with Gasteiger partial charge in [0.15, 0.2) is 11.6 Å². The van der Waals surface area contributed by atoms with Gasteiger partial charge in [-0.3, -0.25) is 14.4 Å². The number of amides is 1. The lowest BCUT2D eigenvalue weighted by atomic mass is 10.0. The van der Waals surface area contributed by atoms with Crippen LogP contribution in [-0.2, 0) is 9.59 Å². The summed E-state index contributed by atoms with van der Waals surface area (Å²) in [6.45, 7) is 4.05. The number of benzene rings is 1. The van der Waals surface area contributed by atoms with Crippen molar-refractivity contribution in [2.45, 2.75) is 58.4 Å². The van der Waals surface area contributed by atoms with E-state index >= 15 is 0 Å². The molecule has 0 fully saturated rings. The van der Waals surface area contributed by atoms with Crippen LogP contribution in [0.4, 0.5) is 0 Å². The second kappa shape index (κ2) is 11.3. The number of nitrogens with one attached hydrogen (secondary N) is 1. The van der Waals surface area contributed by atoms with Gasteiger partial charge in [-0.2, -0.15) is 0 Å². The summed E-state index contributed by atoms with van der Waals surface area (Å²) in [4.78, 5) is 36.2. The fraction of sp³-hybridized carbons (Fsp3) is 0.450. The first-order chi connectivity index (χ1) is 11.6. The van der Waals surface area contributed by atoms with Gasteiger partial charge in [0, 0.05) is 12.0 Å². The zero-order valence-electron chi connectivity index (χ0n) is 14.6. The normalized spacial score (nSPS) is 12.1. The molecule has 0 bridgehead atoms. The van der Waals surface area contributed by atoms with Crippen LogP contribution in [0.15, 0.2) is 42.5 Å². The zero-order valence-corrected chi connectivity index (χ0v) is 14.6. The highest BCUT2D eigenvalue weighted by Gasteiger charge is 2.19. The molecule has 0 aliphatic carbocycles. The number of unbranched alkanes of at least 4 members (excludes halogenated alkanes) is 2. The molecule has 130 valence electrons. The van der Waals surface area contributed by atoms with E-state index in [0.717, 1.165) is 25.7 Å². The number of carbonyl (C=O) groups is 3. The molecule has 0 aliphatic heterocycles. The van der Waals surface area contributed by atoms with E-state index in [0.29, 0.717) is 18.4 Å². The molecule has 1 rings (SSSR count). The van der Waals surface area contributed by atoms with Crippen molar-refractivity contribution in [3.05, 3.63) is 48.0 Å². The van der Waals surface area contributed by atoms with Crippen molar-refractivity contribution in [3.8, 4) is 0 Å². The van der Waals surface area contributed by atoms with Gasteiger partial charge in [-0.25, -0.2) is 0 Å². The van der Waals surface area contributed by atoms with Gasteiger partial charge in [-0.05, 0) is 37.1 Å². The highest BCUT2D eigenvalue weighted by Crippen LogP contribution is 2.06. The SMILES string of the molecule is CCCCC(=O)/C=C/C(=O)[C@H](CCCC)NC(=O)c1ccccc1. The molecular weight excluding hydrogens is 302 g/mol. The predicted molar refractivity (Wildman–Crippen MR) is 95.9 cm³/mol. The van der Waals surface area contributed by atoms with E-state index in [9.17, 15) is 14.4 Å². The predicted octanol–water partition coefficient (Wildman–Crippen LogP) is 3.86. The summed E-state index contributed by atoms with van der Waals surface area (Å²) in [7, 11) is 0. The van der Waals surface area contributed by atoms with E-state index in [-0.39, 0.29) is 17.5 Å². The van der Waals surface area contributed by atoms with Crippen molar-refractivity contribution in [2.24, 2.45) is 0 Å². The Bertz CT molecular complexity index is 564. The van der Waals surface area contributed by atoms with Gasteiger partial charge in [0.2, 0.25) is 0 Å². The van der Waals surface area contributed by atoms with E-state index in [1.807, 2.05) is 19.9 Å². The molecule has 0 aromatic heterocycles. The van der Waals surface area contributed by atoms with Gasteiger partial charge in [0.25, 0.3) is 5.91 Å². The van der Waals surface area contributed by atoms with E-state index in [4.69, 9.17) is 0 Å². The van der Waals surface area contributed by atoms with Gasteiger partial charge in [-0.1, -0.05) is 51.3 Å². The topological polar surface area (TPSA) is 63.2 Å². The Morgan fingerprint density at radius 1 is 1.00 bits per heavy atom. The first-order valence-corrected chi connectivity index (χ1v) is 8.69. The summed E-state index contributed by atoms with van der Waals surface area (Å²) in [6.07, 6.45) is 7.21. The molecule has 1 N–H and O–H groups in total. The Hall–Kier alpha value is -2.23. The van der Waals surface area contributed by atoms with E-state index in [1.165, 1.54) is 12.2 Å². The number of hydrogen-bond donors (Lipinski definition) is 1. The zero-order chi connectivity index (χ0) is 17.8. The van der Waals surface area contributed by atoms with Crippen LogP contribution in [0.3, 0.4) is 0 Å². The van der Waals surface area contributed by atoms with Crippen LogP contribution in [0.25, 0.3) is 0 Å². The van der Waals surface area contributed by atoms with Crippen LogP contribution in [0.2, 0.25) is 0 Å². The van der Waals surface area contributed by atoms with Crippen LogP contribution in [0.5, 0.6) is 0 Å². The van der Waals surface area contributed by atoms with Gasteiger partial charge >= 0.3 is 0 Å². The molecule has 0 unspecified atom stereocenters. The molecule has 0 heterocycles. The van der Waals surface area contributed by atoms with Crippen LogP contribution < -0.4 is 5.32 Å². The van der Waals surface area contributed by atoms with Gasteiger partial charge in [0.1, 0.15) is 0 Å². The maximum atomic E-state index is 12.3. The summed E-state index contributed by atoms with van der Waals surface area (Å²) in [5.41, 5.74) is 0.523. The number of rotatable bonds is 11. The lowest BCUT2D eigenvalue weighted by Gasteiger charge is -2.16. The molecule has 0 aliphatic rings. The summed E-state index contributed by atoms with van der Waals surface area (Å²) in [6, 6.07) is 8.23. The van der Waals surface area contributed by atoms with Crippen LogP contribution in [-0.4, -0.2) is 23.5 Å². The monoisotopic (exact) mass is 329 g/mol. The van der Waals surface area contributed by atoms with Gasteiger partial charge in [0.05, 0.1) is 6.04 Å². The maximum absolute atomic E-state index is 12.3. The second-order valence-corrected chi connectivity index (χ2v) is 5.84. The molecule has 1 atom stereocenters. The molecule has 1 aromatic carbocycles. The molecule has 0 radical (unpaired) electrons. The number of hydrogen-bond acceptors (Lipinski definition) is 3. The Kier molecular flexibility index (Phi) is 9.35. The summed E-state index contributed by atoms with van der Waals surface area (Å²) < 4.78 is 0. The minimum absolute atomic E-state index is 0.0474. The van der Waals surface area contributed by atoms with Crippen molar-refractivity contribution in [1.82, 2.24) is 5.32 Å². The van der Waals surface area contributed by atoms with E-state index in [1.54, 1.807) is 24.3 Å². The van der Waals surface area contributed by atoms with Crippen molar-refractivity contribution < 1.29 is 14.4 Å². The molecule has 1 amide bonds. The van der Waals surface area contributed by atoms with Crippen molar-refractivity contribution >= 4 is 17.5 Å². The third kappa shape index (κ3) is 7.36. The molecule has 1 aromatic rings. The van der Waals surface area contributed by atoms with Crippen molar-refractivity contribution in [2.75, 3.05) is 0 Å². The second-order valence-electron chi connectivity index (χ2n) is 5.84. The Balaban J connectivity index is 2.69. The third-order valence-corrected chi connectivity index (χ3v) is 3.74. The van der Waals surface area contributed by atoms with Crippen LogP contribution >= 0.6 is 0 Å². The fourth-order valence-corrected chi connectivity index (χ4v) is 2.25. The highest BCUT2D eigenvalue weighted by atomic mass is 16.2. The molecule has 0 spiro atoms. The highest BCUT2D eigenvalue weighted by molar-refractivity contribution is 6.04. The van der Waals surface area contributed by atoms with Crippen molar-refractivity contribution in [1.29, 1.82) is 0 Å². The quantitative estimate of drug-likeness (QED) is 0.627. The van der Waals surface area contributed by atoms with Crippen molar-refractivity contribution in [3.63, 3.8) is 0 Å². The standard InChI is InChI=1S/C20H27NO3/c1-3-5-12-17(22)14-15-19(23)18(13-6-4-2)21-20(24)16-10-8-7-9-11-16/h7-11,14-15,18H,3-6,12-13H2,1-2H3,(H,21,24)/b15-14+/t18-/m0/s1. The average molecular weight is 329 g/mol. The largest absolute Gasteiger partial charge is 0.342 e. The first-order valence-electron chi connectivity index (χ1n) is 8.69. The van der Waals surface area contributed by atoms with Gasteiger partial charge < -0.3 is 5.32 Å². The minimum atomic E-state index is -0.590. The Morgan fingerprint density at radius 2 is 1.67 bits per heavy atom. The van der Waals surface area contributed by atoms with Crippen LogP contribution in [0, 0.1) is 0 Å². The number of allylic oxidation sites excluding steroid dienone is 1. The van der Waals surface area contributed by atoms with E-state index in [2.05, 4.69) is 5.32 Å². The fourth-order valence-electron chi connectivity index (χ4n) is 2.25. The molecule has 0 saturated carbocycles. The molecule has 4 heteroatoms. The number of carbonyl (C=O) groups excluding carboxylic acids is 3. The Labute approximate surface area is 144 Å². The van der Waals surface area contributed by atoms with Gasteiger partial charge in [-0.15, -0.1) is 0 Å². The molecule has 4 nitrogen and oxygen atoms in total. The molecular formula is C20H27NO3. The summed E-state index contributed by atoms with van der Waals surface area (Å²) in [5, 5.41) is 2.78. The van der Waals surface area contributed by atoms with E-state index < -0.39 is 6.04 Å². The number of ketones is 2. The molecule has 24 heavy (non-hydrogen) atoms. The third-order valence-electron chi connectivity index (χ3n) is 3.74. The average Bonchev–Trinajstić information content (AvgIpc) is 2.61. The lowest BCUT2D eigenvalue weighted by molar-refractivity contribution is -0.118. The minimum Gasteiger partial charge on any atom is -0.342 e. The maximum Gasteiger partial charge on any atom is 0.251 e. The smallest absolute Gasteiger partial charge is 0.251 e. The summed E-state index contributed by atoms with van der Waals surface area (Å²) >= 11 is 0.